The molecule has 0 atom stereocenters. The van der Waals surface area contributed by atoms with Gasteiger partial charge in [0.05, 0.1) is 16.5 Å². The SMILES string of the molecule is Cc1ncc(CNS(=O)(=O)c2cc(CO)cc(C)c2C)s1. The van der Waals surface area contributed by atoms with Gasteiger partial charge in [0, 0.05) is 17.6 Å². The highest BCUT2D eigenvalue weighted by atomic mass is 32.2. The predicted octanol–water partition coefficient (Wildman–Crippen LogP) is 2.04. The zero-order valence-corrected chi connectivity index (χ0v) is 13.8. The summed E-state index contributed by atoms with van der Waals surface area (Å²) in [4.78, 5) is 5.18. The number of aliphatic hydroxyl groups excluding tert-OH is 1. The number of aromatic nitrogens is 1. The van der Waals surface area contributed by atoms with E-state index in [1.165, 1.54) is 17.4 Å². The van der Waals surface area contributed by atoms with Crippen LogP contribution < -0.4 is 4.72 Å². The Balaban J connectivity index is 2.29. The van der Waals surface area contributed by atoms with Crippen molar-refractivity contribution in [2.24, 2.45) is 0 Å². The number of hydrogen-bond donors (Lipinski definition) is 2. The minimum atomic E-state index is -3.62. The standard InChI is InChI=1S/C14H18N2O3S2/c1-9-4-12(8-17)5-14(10(9)2)21(18,19)16-7-13-6-15-11(3)20-13/h4-6,16-17H,7-8H2,1-3H3. The third-order valence-corrected chi connectivity index (χ3v) is 5.70. The fourth-order valence-corrected chi connectivity index (χ4v) is 4.20. The van der Waals surface area contributed by atoms with Gasteiger partial charge >= 0.3 is 0 Å². The smallest absolute Gasteiger partial charge is 0.241 e. The highest BCUT2D eigenvalue weighted by molar-refractivity contribution is 7.89. The molecule has 0 bridgehead atoms. The normalized spacial score (nSPS) is 11.8. The molecule has 21 heavy (non-hydrogen) atoms. The molecule has 2 N–H and O–H groups in total. The van der Waals surface area contributed by atoms with Crippen LogP contribution in [-0.4, -0.2) is 18.5 Å². The minimum Gasteiger partial charge on any atom is -0.392 e. The van der Waals surface area contributed by atoms with Gasteiger partial charge in [-0.15, -0.1) is 11.3 Å². The number of sulfonamides is 1. The van der Waals surface area contributed by atoms with Gasteiger partial charge in [0.15, 0.2) is 0 Å². The van der Waals surface area contributed by atoms with Crippen LogP contribution in [0.15, 0.2) is 23.2 Å². The van der Waals surface area contributed by atoms with Gasteiger partial charge in [-0.1, -0.05) is 6.07 Å². The second kappa shape index (κ2) is 6.23. The van der Waals surface area contributed by atoms with E-state index in [1.807, 2.05) is 13.8 Å². The molecule has 1 aromatic carbocycles. The molecule has 0 aliphatic rings. The number of thiazole rings is 1. The second-order valence-electron chi connectivity index (χ2n) is 4.86. The zero-order valence-electron chi connectivity index (χ0n) is 12.2. The number of nitrogens with one attached hydrogen (secondary N) is 1. The van der Waals surface area contributed by atoms with Crippen LogP contribution in [0.2, 0.25) is 0 Å². The molecule has 0 unspecified atom stereocenters. The summed E-state index contributed by atoms with van der Waals surface area (Å²) < 4.78 is 27.5. The zero-order chi connectivity index (χ0) is 15.6. The molecule has 0 saturated heterocycles. The largest absolute Gasteiger partial charge is 0.392 e. The lowest BCUT2D eigenvalue weighted by molar-refractivity contribution is 0.281. The van der Waals surface area contributed by atoms with Gasteiger partial charge in [0.25, 0.3) is 0 Å². The van der Waals surface area contributed by atoms with Gasteiger partial charge < -0.3 is 5.11 Å². The third kappa shape index (κ3) is 3.68. The molecule has 0 fully saturated rings. The van der Waals surface area contributed by atoms with Crippen LogP contribution in [0.5, 0.6) is 0 Å². The number of nitrogens with zero attached hydrogens (tertiary/aromatic N) is 1. The lowest BCUT2D eigenvalue weighted by atomic mass is 10.1. The molecule has 0 spiro atoms. The first-order chi connectivity index (χ1) is 9.83. The Kier molecular flexibility index (Phi) is 4.77. The van der Waals surface area contributed by atoms with Crippen LogP contribution in [0.3, 0.4) is 0 Å². The third-order valence-electron chi connectivity index (χ3n) is 3.26. The van der Waals surface area contributed by atoms with Gasteiger partial charge in [-0.2, -0.15) is 0 Å². The predicted molar refractivity (Wildman–Crippen MR) is 82.7 cm³/mol. The number of rotatable bonds is 5. The highest BCUT2D eigenvalue weighted by Gasteiger charge is 2.19. The maximum Gasteiger partial charge on any atom is 0.241 e. The Hall–Kier alpha value is -1.28. The first-order valence-corrected chi connectivity index (χ1v) is 8.75. The quantitative estimate of drug-likeness (QED) is 0.881. The van der Waals surface area contributed by atoms with Crippen molar-refractivity contribution in [1.29, 1.82) is 0 Å². The maximum atomic E-state index is 12.4. The van der Waals surface area contributed by atoms with Crippen LogP contribution in [0.4, 0.5) is 0 Å². The van der Waals surface area contributed by atoms with E-state index in [-0.39, 0.29) is 18.0 Å². The minimum absolute atomic E-state index is 0.183. The Labute approximate surface area is 128 Å². The van der Waals surface area contributed by atoms with Crippen molar-refractivity contribution in [3.05, 3.63) is 44.9 Å². The van der Waals surface area contributed by atoms with Crippen molar-refractivity contribution in [3.63, 3.8) is 0 Å². The summed E-state index contributed by atoms with van der Waals surface area (Å²) in [6.07, 6.45) is 1.67. The van der Waals surface area contributed by atoms with E-state index in [2.05, 4.69) is 9.71 Å². The molecule has 2 rings (SSSR count). The summed E-state index contributed by atoms with van der Waals surface area (Å²) in [5.74, 6) is 0. The first-order valence-electron chi connectivity index (χ1n) is 6.45. The van der Waals surface area contributed by atoms with Crippen LogP contribution in [0.25, 0.3) is 0 Å². The first kappa shape index (κ1) is 16.1. The monoisotopic (exact) mass is 326 g/mol. The molecule has 0 radical (unpaired) electrons. The van der Waals surface area contributed by atoms with E-state index >= 15 is 0 Å². The molecule has 2 aromatic rings. The van der Waals surface area contributed by atoms with Gasteiger partial charge in [-0.3, -0.25) is 0 Å². The molecule has 0 saturated carbocycles. The van der Waals surface area contributed by atoms with Crippen molar-refractivity contribution in [2.45, 2.75) is 38.8 Å². The molecular formula is C14H18N2O3S2. The van der Waals surface area contributed by atoms with Crippen LogP contribution >= 0.6 is 11.3 Å². The average molecular weight is 326 g/mol. The van der Waals surface area contributed by atoms with Gasteiger partial charge in [0.1, 0.15) is 0 Å². The maximum absolute atomic E-state index is 12.4. The summed E-state index contributed by atoms with van der Waals surface area (Å²) in [5, 5.41) is 10.1. The van der Waals surface area contributed by atoms with E-state index < -0.39 is 10.0 Å². The fourth-order valence-electron chi connectivity index (χ4n) is 2.00. The Morgan fingerprint density at radius 3 is 2.57 bits per heavy atom. The summed E-state index contributed by atoms with van der Waals surface area (Å²) >= 11 is 1.46. The van der Waals surface area contributed by atoms with Crippen molar-refractivity contribution in [3.8, 4) is 0 Å². The molecule has 1 aromatic heterocycles. The topological polar surface area (TPSA) is 79.3 Å². The van der Waals surface area contributed by atoms with E-state index in [9.17, 15) is 13.5 Å². The molecule has 0 aliphatic heterocycles. The summed E-state index contributed by atoms with van der Waals surface area (Å²) in [5.41, 5.74) is 2.13. The Morgan fingerprint density at radius 2 is 2.00 bits per heavy atom. The van der Waals surface area contributed by atoms with E-state index in [0.29, 0.717) is 11.1 Å². The van der Waals surface area contributed by atoms with Crippen molar-refractivity contribution in [2.75, 3.05) is 0 Å². The van der Waals surface area contributed by atoms with Crippen molar-refractivity contribution in [1.82, 2.24) is 9.71 Å². The molecule has 5 nitrogen and oxygen atoms in total. The highest BCUT2D eigenvalue weighted by Crippen LogP contribution is 2.22. The van der Waals surface area contributed by atoms with E-state index in [0.717, 1.165) is 15.4 Å². The van der Waals surface area contributed by atoms with E-state index in [1.54, 1.807) is 19.2 Å². The van der Waals surface area contributed by atoms with Crippen molar-refractivity contribution >= 4 is 21.4 Å². The molecule has 1 heterocycles. The molecular weight excluding hydrogens is 308 g/mol. The molecule has 114 valence electrons. The van der Waals surface area contributed by atoms with Crippen LogP contribution in [0.1, 0.15) is 26.6 Å². The number of aliphatic hydroxyl groups is 1. The number of aryl methyl sites for hydroxylation is 2. The summed E-state index contributed by atoms with van der Waals surface area (Å²) in [7, 11) is -3.62. The fraction of sp³-hybridized carbons (Fsp3) is 0.357. The Morgan fingerprint density at radius 1 is 1.29 bits per heavy atom. The molecule has 7 heteroatoms. The molecule has 0 amide bonds. The van der Waals surface area contributed by atoms with Gasteiger partial charge in [-0.25, -0.2) is 18.1 Å². The lowest BCUT2D eigenvalue weighted by Crippen LogP contribution is -2.24. The van der Waals surface area contributed by atoms with Crippen molar-refractivity contribution < 1.29 is 13.5 Å². The number of benzene rings is 1. The van der Waals surface area contributed by atoms with Crippen LogP contribution in [-0.2, 0) is 23.2 Å². The molecule has 0 aliphatic carbocycles. The van der Waals surface area contributed by atoms with Gasteiger partial charge in [0.2, 0.25) is 10.0 Å². The lowest BCUT2D eigenvalue weighted by Gasteiger charge is -2.12. The van der Waals surface area contributed by atoms with Gasteiger partial charge in [-0.05, 0) is 43.5 Å². The summed E-state index contributed by atoms with van der Waals surface area (Å²) in [6.45, 7) is 5.51. The van der Waals surface area contributed by atoms with E-state index in [4.69, 9.17) is 0 Å². The average Bonchev–Trinajstić information content (AvgIpc) is 2.85. The number of hydrogen-bond acceptors (Lipinski definition) is 5. The van der Waals surface area contributed by atoms with Crippen LogP contribution in [0, 0.1) is 20.8 Å². The summed E-state index contributed by atoms with van der Waals surface area (Å²) in [6, 6.07) is 3.31. The second-order valence-corrected chi connectivity index (χ2v) is 7.92. The Bertz CT molecular complexity index is 752.